The van der Waals surface area contributed by atoms with E-state index in [1.165, 1.54) is 22.0 Å². The van der Waals surface area contributed by atoms with Gasteiger partial charge in [0.15, 0.2) is 0 Å². The largest absolute Gasteiger partial charge is 0.0914 e. The number of hydrogen-bond acceptors (Lipinski definition) is 0. The van der Waals surface area contributed by atoms with Crippen molar-refractivity contribution in [2.24, 2.45) is 0 Å². The fourth-order valence-electron chi connectivity index (χ4n) is 2.37. The first-order valence-electron chi connectivity index (χ1n) is 7.54. The highest BCUT2D eigenvalue weighted by Crippen LogP contribution is 2.35. The van der Waals surface area contributed by atoms with Crippen molar-refractivity contribution >= 4 is 30.4 Å². The molecule has 0 heterocycles. The van der Waals surface area contributed by atoms with E-state index in [0.717, 1.165) is 8.20 Å². The zero-order valence-corrected chi connectivity index (χ0v) is 16.6. The summed E-state index contributed by atoms with van der Waals surface area (Å²) in [5.41, 5.74) is 4.49. The normalized spacial score (nSPS) is 14.0. The Bertz CT molecular complexity index is 499. The van der Waals surface area contributed by atoms with Gasteiger partial charge in [0.25, 0.3) is 0 Å². The molecule has 0 nitrogen and oxygen atoms in total. The highest BCUT2D eigenvalue weighted by atomic mass is 35.5. The van der Waals surface area contributed by atoms with Crippen LogP contribution in [0.3, 0.4) is 0 Å². The Morgan fingerprint density at radius 2 is 1.14 bits per heavy atom. The Labute approximate surface area is 138 Å². The van der Waals surface area contributed by atoms with E-state index in [1.807, 2.05) is 0 Å². The maximum atomic E-state index is 5.85. The van der Waals surface area contributed by atoms with Crippen molar-refractivity contribution < 1.29 is 0 Å². The predicted octanol–water partition coefficient (Wildman–Crippen LogP) is 6.03. The molecule has 0 aliphatic rings. The van der Waals surface area contributed by atoms with Crippen LogP contribution in [0.4, 0.5) is 0 Å². The number of rotatable bonds is 1. The number of halogens is 1. The first-order valence-corrected chi connectivity index (χ1v) is 8.81. The average molecular weight is 324 g/mol. The number of benzene rings is 1. The zero-order chi connectivity index (χ0) is 16.6. The minimum absolute atomic E-state index is 0.0946. The Balaban J connectivity index is 3.84. The Hall–Kier alpha value is -0.320. The summed E-state index contributed by atoms with van der Waals surface area (Å²) in [4.78, 5) is 0. The summed E-state index contributed by atoms with van der Waals surface area (Å²) in [7, 11) is 0.972. The lowest BCUT2D eigenvalue weighted by Crippen LogP contribution is -2.29. The molecular weight excluding hydrogens is 295 g/mol. The second kappa shape index (κ2) is 6.05. The third-order valence-electron chi connectivity index (χ3n) is 3.75. The van der Waals surface area contributed by atoms with Crippen LogP contribution in [0.15, 0.2) is 12.1 Å². The standard InChI is InChI=1S/C19H29ClP/c1-17(2,3)13-10-14(18(4,5)6)16(21-12-20)15(11-13)19(7,8)9/h10-11H,1-9H3. The van der Waals surface area contributed by atoms with Crippen LogP contribution in [-0.2, 0) is 16.2 Å². The van der Waals surface area contributed by atoms with Crippen LogP contribution >= 0.6 is 19.8 Å². The van der Waals surface area contributed by atoms with Gasteiger partial charge < -0.3 is 0 Å². The van der Waals surface area contributed by atoms with Crippen LogP contribution in [0.2, 0.25) is 0 Å². The molecule has 0 aliphatic carbocycles. The van der Waals surface area contributed by atoms with Gasteiger partial charge in [-0.15, -0.1) is 0 Å². The lowest BCUT2D eigenvalue weighted by atomic mass is 9.75. The molecule has 0 saturated carbocycles. The van der Waals surface area contributed by atoms with Crippen LogP contribution in [0.5, 0.6) is 0 Å². The number of hydrogen-bond donors (Lipinski definition) is 0. The average Bonchev–Trinajstić information content (AvgIpc) is 2.24. The lowest BCUT2D eigenvalue weighted by molar-refractivity contribution is 0.554. The molecule has 0 aromatic heterocycles. The van der Waals surface area contributed by atoms with E-state index in [2.05, 4.69) is 79.7 Å². The Morgan fingerprint density at radius 1 is 0.762 bits per heavy atom. The van der Waals surface area contributed by atoms with E-state index in [4.69, 9.17) is 11.6 Å². The summed E-state index contributed by atoms with van der Waals surface area (Å²) >= 11 is 5.85. The summed E-state index contributed by atoms with van der Waals surface area (Å²) in [6.07, 6.45) is 0. The summed E-state index contributed by atoms with van der Waals surface area (Å²) in [5.74, 6) is 0. The van der Waals surface area contributed by atoms with E-state index in [1.54, 1.807) is 0 Å². The van der Waals surface area contributed by atoms with Crippen molar-refractivity contribution in [1.29, 1.82) is 0 Å². The maximum Gasteiger partial charge on any atom is 0.0914 e. The summed E-state index contributed by atoms with van der Waals surface area (Å²) in [6.45, 7) is 20.5. The molecule has 0 atom stereocenters. The van der Waals surface area contributed by atoms with Crippen molar-refractivity contribution in [3.63, 3.8) is 0 Å². The van der Waals surface area contributed by atoms with Crippen LogP contribution in [-0.4, -0.2) is 5.26 Å². The molecule has 1 aromatic carbocycles. The van der Waals surface area contributed by atoms with Gasteiger partial charge in [-0.05, 0) is 41.1 Å². The molecule has 0 N–H and O–H groups in total. The maximum absolute atomic E-state index is 5.85. The van der Waals surface area contributed by atoms with E-state index >= 15 is 0 Å². The molecule has 1 radical (unpaired) electrons. The van der Waals surface area contributed by atoms with Gasteiger partial charge in [-0.1, -0.05) is 86.0 Å². The highest BCUT2D eigenvalue weighted by molar-refractivity contribution is 7.51. The van der Waals surface area contributed by atoms with Crippen molar-refractivity contribution in [3.05, 3.63) is 28.8 Å². The van der Waals surface area contributed by atoms with Gasteiger partial charge in [0.2, 0.25) is 0 Å². The molecule has 0 bridgehead atoms. The topological polar surface area (TPSA) is 0 Å². The first kappa shape index (κ1) is 18.7. The molecular formula is C19H29ClP. The van der Waals surface area contributed by atoms with Crippen LogP contribution in [0.25, 0.3) is 0 Å². The smallest absolute Gasteiger partial charge is 0.0769 e. The van der Waals surface area contributed by atoms with Crippen LogP contribution in [0, 0.1) is 0 Å². The Kier molecular flexibility index (Phi) is 5.40. The molecule has 0 spiro atoms. The van der Waals surface area contributed by atoms with Crippen molar-refractivity contribution in [2.45, 2.75) is 78.6 Å². The second-order valence-electron chi connectivity index (χ2n) is 8.87. The van der Waals surface area contributed by atoms with Crippen LogP contribution < -0.4 is 5.30 Å². The van der Waals surface area contributed by atoms with Gasteiger partial charge in [-0.2, -0.15) is 0 Å². The quantitative estimate of drug-likeness (QED) is 0.554. The first-order chi connectivity index (χ1) is 9.28. The lowest BCUT2D eigenvalue weighted by Gasteiger charge is -2.32. The predicted molar refractivity (Wildman–Crippen MR) is 100.0 cm³/mol. The SMILES string of the molecule is CC(C)(C)c1cc(C(C)(C)C)c(P=[C]Cl)c(C(C)(C)C)c1. The van der Waals surface area contributed by atoms with Gasteiger partial charge in [0.05, 0.1) is 5.26 Å². The third-order valence-corrected chi connectivity index (χ3v) is 4.79. The molecule has 0 unspecified atom stereocenters. The monoisotopic (exact) mass is 323 g/mol. The second-order valence-corrected chi connectivity index (χ2v) is 10.2. The van der Waals surface area contributed by atoms with E-state index in [0.29, 0.717) is 0 Å². The molecule has 0 fully saturated rings. The molecule has 1 rings (SSSR count). The van der Waals surface area contributed by atoms with E-state index in [-0.39, 0.29) is 16.2 Å². The molecule has 0 saturated heterocycles. The third kappa shape index (κ3) is 4.57. The highest BCUT2D eigenvalue weighted by Gasteiger charge is 2.28. The summed E-state index contributed by atoms with van der Waals surface area (Å²) in [6, 6.07) is 4.73. The Morgan fingerprint density at radius 3 is 1.38 bits per heavy atom. The minimum Gasteiger partial charge on any atom is -0.0769 e. The van der Waals surface area contributed by atoms with E-state index < -0.39 is 0 Å². The molecule has 0 amide bonds. The van der Waals surface area contributed by atoms with Gasteiger partial charge in [-0.3, -0.25) is 0 Å². The molecule has 0 aliphatic heterocycles. The summed E-state index contributed by atoms with van der Waals surface area (Å²) < 4.78 is 0. The van der Waals surface area contributed by atoms with Crippen molar-refractivity contribution in [3.8, 4) is 0 Å². The molecule has 21 heavy (non-hydrogen) atoms. The van der Waals surface area contributed by atoms with Crippen LogP contribution in [0.1, 0.15) is 79.0 Å². The van der Waals surface area contributed by atoms with Gasteiger partial charge in [0.1, 0.15) is 0 Å². The van der Waals surface area contributed by atoms with Crippen molar-refractivity contribution in [1.82, 2.24) is 0 Å². The molecule has 1 aromatic rings. The van der Waals surface area contributed by atoms with Gasteiger partial charge >= 0.3 is 0 Å². The van der Waals surface area contributed by atoms with Gasteiger partial charge in [0, 0.05) is 5.30 Å². The molecule has 117 valence electrons. The zero-order valence-electron chi connectivity index (χ0n) is 15.0. The fraction of sp³-hybridized carbons (Fsp3) is 0.632. The van der Waals surface area contributed by atoms with E-state index in [9.17, 15) is 0 Å². The summed E-state index contributed by atoms with van der Waals surface area (Å²) in [5, 5.41) is 4.13. The van der Waals surface area contributed by atoms with Crippen molar-refractivity contribution in [2.75, 3.05) is 0 Å². The fourth-order valence-corrected chi connectivity index (χ4v) is 3.75. The van der Waals surface area contributed by atoms with Gasteiger partial charge in [-0.25, -0.2) is 0 Å². The minimum atomic E-state index is 0.0946. The molecule has 2 heteroatoms.